The largest absolute Gasteiger partial charge is 0.377 e. The number of nitrogens with one attached hydrogen (secondary N) is 2. The number of carbonyl (C=O) groups is 1. The molecule has 1 aromatic carbocycles. The van der Waals surface area contributed by atoms with Crippen LogP contribution in [0.3, 0.4) is 0 Å². The van der Waals surface area contributed by atoms with Crippen molar-refractivity contribution in [1.82, 2.24) is 10.3 Å². The lowest BCUT2D eigenvalue weighted by atomic mass is 10.1. The lowest BCUT2D eigenvalue weighted by Gasteiger charge is -2.26. The molecular weight excluding hydrogens is 232 g/mol. The molecule has 2 N–H and O–H groups in total. The molecule has 0 bridgehead atoms. The second kappa shape index (κ2) is 4.27. The van der Waals surface area contributed by atoms with E-state index in [1.165, 1.54) is 0 Å². The summed E-state index contributed by atoms with van der Waals surface area (Å²) >= 11 is 0. The Kier molecular flexibility index (Phi) is 2.60. The predicted molar refractivity (Wildman–Crippen MR) is 66.6 cm³/mol. The van der Waals surface area contributed by atoms with Gasteiger partial charge in [-0.1, -0.05) is 18.2 Å². The van der Waals surface area contributed by atoms with Gasteiger partial charge in [0.15, 0.2) is 0 Å². The van der Waals surface area contributed by atoms with Gasteiger partial charge in [-0.05, 0) is 17.5 Å². The number of aromatic nitrogens is 1. The summed E-state index contributed by atoms with van der Waals surface area (Å²) in [6.07, 6.45) is 0. The van der Waals surface area contributed by atoms with Gasteiger partial charge in [-0.3, -0.25) is 9.59 Å². The van der Waals surface area contributed by atoms with Gasteiger partial charge in [-0.15, -0.1) is 0 Å². The van der Waals surface area contributed by atoms with Gasteiger partial charge in [-0.2, -0.15) is 0 Å². The van der Waals surface area contributed by atoms with Crippen molar-refractivity contribution < 1.29 is 9.53 Å². The number of ether oxygens (including phenoxy) is 1. The molecule has 1 aliphatic rings. The van der Waals surface area contributed by atoms with Gasteiger partial charge in [0.05, 0.1) is 19.3 Å². The average molecular weight is 244 g/mol. The van der Waals surface area contributed by atoms with E-state index >= 15 is 0 Å². The van der Waals surface area contributed by atoms with Gasteiger partial charge in [-0.25, -0.2) is 0 Å². The lowest BCUT2D eigenvalue weighted by molar-refractivity contribution is -0.00354. The first-order valence-corrected chi connectivity index (χ1v) is 5.75. The summed E-state index contributed by atoms with van der Waals surface area (Å²) in [5.74, 6) is -0.272. The lowest BCUT2D eigenvalue weighted by Crippen LogP contribution is -2.48. The molecule has 0 unspecified atom stereocenters. The van der Waals surface area contributed by atoms with Gasteiger partial charge >= 0.3 is 0 Å². The van der Waals surface area contributed by atoms with E-state index < -0.39 is 0 Å². The minimum absolute atomic E-state index is 0.0486. The first-order valence-electron chi connectivity index (χ1n) is 5.75. The summed E-state index contributed by atoms with van der Waals surface area (Å²) in [5, 5.41) is 4.14. The molecule has 0 spiro atoms. The molecule has 0 radical (unpaired) electrons. The van der Waals surface area contributed by atoms with Crippen molar-refractivity contribution in [3.63, 3.8) is 0 Å². The fourth-order valence-corrected chi connectivity index (χ4v) is 1.92. The number of aromatic amines is 1. The number of rotatable bonds is 2. The van der Waals surface area contributed by atoms with Crippen LogP contribution in [0.4, 0.5) is 0 Å². The third-order valence-corrected chi connectivity index (χ3v) is 2.97. The monoisotopic (exact) mass is 244 g/mol. The van der Waals surface area contributed by atoms with Crippen molar-refractivity contribution in [2.45, 2.75) is 6.04 Å². The van der Waals surface area contributed by atoms with Crippen molar-refractivity contribution in [1.29, 1.82) is 0 Å². The molecule has 0 saturated carbocycles. The SMILES string of the molecule is O=C(NC1COC1)c1cc2ccccc2c(=O)[nH]1. The van der Waals surface area contributed by atoms with Crippen LogP contribution in [0, 0.1) is 0 Å². The molecule has 2 heterocycles. The highest BCUT2D eigenvalue weighted by molar-refractivity contribution is 5.96. The van der Waals surface area contributed by atoms with E-state index in [0.717, 1.165) is 5.39 Å². The Morgan fingerprint density at radius 2 is 2.11 bits per heavy atom. The fraction of sp³-hybridized carbons (Fsp3) is 0.231. The van der Waals surface area contributed by atoms with E-state index in [9.17, 15) is 9.59 Å². The molecule has 0 atom stereocenters. The highest BCUT2D eigenvalue weighted by Gasteiger charge is 2.21. The first-order chi connectivity index (χ1) is 8.74. The zero-order chi connectivity index (χ0) is 12.5. The summed E-state index contributed by atoms with van der Waals surface area (Å²) in [4.78, 5) is 26.3. The quantitative estimate of drug-likeness (QED) is 0.815. The van der Waals surface area contributed by atoms with Crippen LogP contribution in [0.1, 0.15) is 10.5 Å². The second-order valence-electron chi connectivity index (χ2n) is 4.31. The van der Waals surface area contributed by atoms with Crippen molar-refractivity contribution >= 4 is 16.7 Å². The van der Waals surface area contributed by atoms with Crippen molar-refractivity contribution in [2.24, 2.45) is 0 Å². The molecule has 2 aromatic rings. The molecule has 92 valence electrons. The van der Waals surface area contributed by atoms with Crippen LogP contribution in [-0.2, 0) is 4.74 Å². The van der Waals surface area contributed by atoms with E-state index in [-0.39, 0.29) is 23.2 Å². The number of fused-ring (bicyclic) bond motifs is 1. The Morgan fingerprint density at radius 1 is 1.33 bits per heavy atom. The molecule has 1 saturated heterocycles. The van der Waals surface area contributed by atoms with E-state index in [0.29, 0.717) is 18.6 Å². The number of hydrogen-bond acceptors (Lipinski definition) is 3. The zero-order valence-corrected chi connectivity index (χ0v) is 9.60. The molecule has 1 aromatic heterocycles. The number of benzene rings is 1. The van der Waals surface area contributed by atoms with Crippen LogP contribution in [0.5, 0.6) is 0 Å². The molecule has 1 fully saturated rings. The molecule has 1 aliphatic heterocycles. The maximum atomic E-state index is 11.9. The summed E-state index contributed by atoms with van der Waals surface area (Å²) in [6, 6.07) is 8.91. The number of pyridine rings is 1. The van der Waals surface area contributed by atoms with Crippen molar-refractivity contribution in [2.75, 3.05) is 13.2 Å². The van der Waals surface area contributed by atoms with E-state index in [1.54, 1.807) is 18.2 Å². The number of hydrogen-bond donors (Lipinski definition) is 2. The normalized spacial score (nSPS) is 15.3. The van der Waals surface area contributed by atoms with Gasteiger partial charge in [0, 0.05) is 5.39 Å². The highest BCUT2D eigenvalue weighted by atomic mass is 16.5. The molecule has 18 heavy (non-hydrogen) atoms. The summed E-state index contributed by atoms with van der Waals surface area (Å²) < 4.78 is 4.98. The molecule has 3 rings (SSSR count). The fourth-order valence-electron chi connectivity index (χ4n) is 1.92. The Labute approximate surface area is 103 Å². The van der Waals surface area contributed by atoms with Crippen molar-refractivity contribution in [3.05, 3.63) is 46.4 Å². The van der Waals surface area contributed by atoms with E-state index in [1.807, 2.05) is 12.1 Å². The summed E-state index contributed by atoms with van der Waals surface area (Å²) in [6.45, 7) is 1.06. The molecule has 5 heteroatoms. The van der Waals surface area contributed by atoms with Gasteiger partial charge in [0.25, 0.3) is 11.5 Å². The average Bonchev–Trinajstić information content (AvgIpc) is 2.33. The van der Waals surface area contributed by atoms with E-state index in [2.05, 4.69) is 10.3 Å². The third-order valence-electron chi connectivity index (χ3n) is 2.97. The van der Waals surface area contributed by atoms with Crippen LogP contribution >= 0.6 is 0 Å². The smallest absolute Gasteiger partial charge is 0.268 e. The predicted octanol–water partition coefficient (Wildman–Crippen LogP) is 0.657. The van der Waals surface area contributed by atoms with Gasteiger partial charge < -0.3 is 15.0 Å². The van der Waals surface area contributed by atoms with Gasteiger partial charge in [0.2, 0.25) is 0 Å². The summed E-state index contributed by atoms with van der Waals surface area (Å²) in [7, 11) is 0. The van der Waals surface area contributed by atoms with Crippen LogP contribution < -0.4 is 10.9 Å². The minimum Gasteiger partial charge on any atom is -0.377 e. The third kappa shape index (κ3) is 1.89. The number of H-pyrrole nitrogens is 1. The topological polar surface area (TPSA) is 71.2 Å². The minimum atomic E-state index is -0.272. The van der Waals surface area contributed by atoms with Crippen LogP contribution in [0.2, 0.25) is 0 Å². The molecule has 1 amide bonds. The summed E-state index contributed by atoms with van der Waals surface area (Å²) in [5.41, 5.74) is 0.0358. The van der Waals surface area contributed by atoms with Crippen LogP contribution in [0.25, 0.3) is 10.8 Å². The van der Waals surface area contributed by atoms with Crippen LogP contribution in [-0.4, -0.2) is 30.1 Å². The first kappa shape index (κ1) is 11.0. The van der Waals surface area contributed by atoms with Crippen LogP contribution in [0.15, 0.2) is 35.1 Å². The standard InChI is InChI=1S/C13H12N2O3/c16-12-10-4-2-1-3-8(10)5-11(15-12)13(17)14-9-6-18-7-9/h1-5,9H,6-7H2,(H,14,17)(H,15,16). The maximum absolute atomic E-state index is 11.9. The number of amides is 1. The second-order valence-corrected chi connectivity index (χ2v) is 4.31. The Morgan fingerprint density at radius 3 is 2.83 bits per heavy atom. The van der Waals surface area contributed by atoms with Crippen molar-refractivity contribution in [3.8, 4) is 0 Å². The Balaban J connectivity index is 1.96. The molecular formula is C13H12N2O3. The molecule has 0 aliphatic carbocycles. The molecule has 5 nitrogen and oxygen atoms in total. The highest BCUT2D eigenvalue weighted by Crippen LogP contribution is 2.10. The maximum Gasteiger partial charge on any atom is 0.268 e. The Bertz CT molecular complexity index is 659. The Hall–Kier alpha value is -2.14. The number of carbonyl (C=O) groups excluding carboxylic acids is 1. The zero-order valence-electron chi connectivity index (χ0n) is 9.60. The van der Waals surface area contributed by atoms with E-state index in [4.69, 9.17) is 4.74 Å². The van der Waals surface area contributed by atoms with Gasteiger partial charge in [0.1, 0.15) is 5.69 Å².